The van der Waals surface area contributed by atoms with E-state index in [-0.39, 0.29) is 12.5 Å². The smallest absolute Gasteiger partial charge is 0.239 e. The highest BCUT2D eigenvalue weighted by Crippen LogP contribution is 2.28. The van der Waals surface area contributed by atoms with Crippen molar-refractivity contribution in [3.05, 3.63) is 28.2 Å². The average Bonchev–Trinajstić information content (AvgIpc) is 2.28. The number of nitrogens with zero attached hydrogens (tertiary/aromatic N) is 1. The van der Waals surface area contributed by atoms with Gasteiger partial charge in [0.1, 0.15) is 0 Å². The number of hydrogen-bond acceptors (Lipinski definition) is 3. The van der Waals surface area contributed by atoms with Gasteiger partial charge in [0, 0.05) is 29.3 Å². The zero-order valence-corrected chi connectivity index (χ0v) is 12.5. The van der Waals surface area contributed by atoms with Gasteiger partial charge in [-0.2, -0.15) is 0 Å². The van der Waals surface area contributed by atoms with Gasteiger partial charge in [0.2, 0.25) is 5.91 Å². The van der Waals surface area contributed by atoms with E-state index in [1.54, 1.807) is 6.92 Å². The molecule has 4 nitrogen and oxygen atoms in total. The third kappa shape index (κ3) is 3.99. The molecule has 0 spiro atoms. The van der Waals surface area contributed by atoms with E-state index in [0.29, 0.717) is 6.54 Å². The monoisotopic (exact) mass is 314 g/mol. The van der Waals surface area contributed by atoms with Crippen LogP contribution in [0, 0.1) is 0 Å². The first-order valence-electron chi connectivity index (χ1n) is 5.91. The zero-order valence-electron chi connectivity index (χ0n) is 10.9. The van der Waals surface area contributed by atoms with E-state index in [9.17, 15) is 9.90 Å². The van der Waals surface area contributed by atoms with Crippen molar-refractivity contribution in [2.24, 2.45) is 0 Å². The number of hydrogen-bond donors (Lipinski definition) is 2. The largest absolute Gasteiger partial charge is 0.389 e. The number of carbonyl (C=O) groups excluding carboxylic acids is 1. The van der Waals surface area contributed by atoms with Gasteiger partial charge in [-0.25, -0.2) is 0 Å². The van der Waals surface area contributed by atoms with Gasteiger partial charge in [-0.1, -0.05) is 15.9 Å². The van der Waals surface area contributed by atoms with Crippen LogP contribution in [0.2, 0.25) is 0 Å². The Bertz CT molecular complexity index is 421. The first kappa shape index (κ1) is 15.0. The van der Waals surface area contributed by atoms with E-state index in [4.69, 9.17) is 0 Å². The molecule has 0 saturated carbocycles. The molecule has 1 rings (SSSR count). The third-order valence-electron chi connectivity index (χ3n) is 2.61. The molecule has 18 heavy (non-hydrogen) atoms. The summed E-state index contributed by atoms with van der Waals surface area (Å²) >= 11 is 3.38. The second-order valence-corrected chi connectivity index (χ2v) is 5.10. The normalized spacial score (nSPS) is 12.1. The van der Waals surface area contributed by atoms with Crippen LogP contribution in [-0.2, 0) is 4.79 Å². The number of aliphatic hydroxyl groups is 1. The fraction of sp³-hybridized carbons (Fsp3) is 0.462. The van der Waals surface area contributed by atoms with Crippen molar-refractivity contribution in [3.8, 4) is 0 Å². The van der Waals surface area contributed by atoms with E-state index in [2.05, 4.69) is 21.2 Å². The summed E-state index contributed by atoms with van der Waals surface area (Å²) in [5.74, 6) is -0.0283. The highest BCUT2D eigenvalue weighted by molar-refractivity contribution is 9.10. The second kappa shape index (κ2) is 6.75. The van der Waals surface area contributed by atoms with Gasteiger partial charge >= 0.3 is 0 Å². The van der Waals surface area contributed by atoms with Crippen LogP contribution in [0.5, 0.6) is 0 Å². The summed E-state index contributed by atoms with van der Waals surface area (Å²) < 4.78 is 0.911. The summed E-state index contributed by atoms with van der Waals surface area (Å²) in [6.45, 7) is 4.50. The maximum absolute atomic E-state index is 11.6. The minimum absolute atomic E-state index is 0.0283. The van der Waals surface area contributed by atoms with Crippen molar-refractivity contribution < 1.29 is 9.90 Å². The molecule has 1 unspecified atom stereocenters. The summed E-state index contributed by atoms with van der Waals surface area (Å²) in [6, 6.07) is 5.66. The molecule has 0 aliphatic heterocycles. The Morgan fingerprint density at radius 1 is 1.56 bits per heavy atom. The van der Waals surface area contributed by atoms with Gasteiger partial charge in [0.05, 0.1) is 12.6 Å². The molecule has 1 atom stereocenters. The Balaban J connectivity index is 2.91. The van der Waals surface area contributed by atoms with E-state index in [1.165, 1.54) is 0 Å². The lowest BCUT2D eigenvalue weighted by molar-refractivity contribution is -0.119. The Kier molecular flexibility index (Phi) is 5.62. The average molecular weight is 315 g/mol. The van der Waals surface area contributed by atoms with Crippen LogP contribution in [0.15, 0.2) is 22.7 Å². The first-order chi connectivity index (χ1) is 8.45. The molecule has 1 amide bonds. The fourth-order valence-electron chi connectivity index (χ4n) is 1.76. The molecule has 0 radical (unpaired) electrons. The number of halogens is 1. The second-order valence-electron chi connectivity index (χ2n) is 4.19. The van der Waals surface area contributed by atoms with Crippen LogP contribution in [0.3, 0.4) is 0 Å². The summed E-state index contributed by atoms with van der Waals surface area (Å²) in [4.78, 5) is 13.4. The standard InChI is InChI=1S/C13H19BrN2O2/c1-4-15-13(18)8-16(3)12-6-5-10(14)7-11(12)9(2)17/h5-7,9,17H,4,8H2,1-3H3,(H,15,18). The van der Waals surface area contributed by atoms with Crippen molar-refractivity contribution in [1.82, 2.24) is 5.32 Å². The van der Waals surface area contributed by atoms with Gasteiger partial charge in [-0.15, -0.1) is 0 Å². The Labute approximate surface area is 116 Å². The molecule has 1 aromatic carbocycles. The van der Waals surface area contributed by atoms with Crippen molar-refractivity contribution >= 4 is 27.5 Å². The van der Waals surface area contributed by atoms with Crippen LogP contribution in [-0.4, -0.2) is 31.2 Å². The number of aliphatic hydroxyl groups excluding tert-OH is 1. The SMILES string of the molecule is CCNC(=O)CN(C)c1ccc(Br)cc1C(C)O. The van der Waals surface area contributed by atoms with Crippen molar-refractivity contribution in [1.29, 1.82) is 0 Å². The van der Waals surface area contributed by atoms with E-state index in [1.807, 2.05) is 37.1 Å². The molecule has 0 heterocycles. The fourth-order valence-corrected chi connectivity index (χ4v) is 2.14. The van der Waals surface area contributed by atoms with Crippen molar-refractivity contribution in [2.45, 2.75) is 20.0 Å². The minimum Gasteiger partial charge on any atom is -0.389 e. The predicted molar refractivity (Wildman–Crippen MR) is 76.7 cm³/mol. The Morgan fingerprint density at radius 3 is 2.78 bits per heavy atom. The summed E-state index contributed by atoms with van der Waals surface area (Å²) in [7, 11) is 1.84. The predicted octanol–water partition coefficient (Wildman–Crippen LogP) is 2.07. The number of anilines is 1. The molecule has 100 valence electrons. The first-order valence-corrected chi connectivity index (χ1v) is 6.70. The molecular weight excluding hydrogens is 296 g/mol. The topological polar surface area (TPSA) is 52.6 Å². The van der Waals surface area contributed by atoms with E-state index in [0.717, 1.165) is 15.7 Å². The molecule has 5 heteroatoms. The maximum Gasteiger partial charge on any atom is 0.239 e. The summed E-state index contributed by atoms with van der Waals surface area (Å²) in [6.07, 6.45) is -0.575. The van der Waals surface area contributed by atoms with Crippen LogP contribution in [0.25, 0.3) is 0 Å². The quantitative estimate of drug-likeness (QED) is 0.875. The number of benzene rings is 1. The maximum atomic E-state index is 11.6. The highest BCUT2D eigenvalue weighted by Gasteiger charge is 2.14. The molecule has 0 saturated heterocycles. The molecule has 0 bridgehead atoms. The van der Waals surface area contributed by atoms with Crippen LogP contribution in [0.4, 0.5) is 5.69 Å². The van der Waals surface area contributed by atoms with Gasteiger partial charge in [-0.05, 0) is 32.0 Å². The molecule has 2 N–H and O–H groups in total. The number of likely N-dealkylation sites (N-methyl/N-ethyl adjacent to an activating group) is 2. The van der Waals surface area contributed by atoms with Gasteiger partial charge in [0.25, 0.3) is 0 Å². The molecule has 0 aliphatic rings. The van der Waals surface area contributed by atoms with Gasteiger partial charge < -0.3 is 15.3 Å². The summed E-state index contributed by atoms with van der Waals surface area (Å²) in [5.41, 5.74) is 1.66. The summed E-state index contributed by atoms with van der Waals surface area (Å²) in [5, 5.41) is 12.5. The molecular formula is C13H19BrN2O2. The lowest BCUT2D eigenvalue weighted by Crippen LogP contribution is -2.35. The van der Waals surface area contributed by atoms with Crippen molar-refractivity contribution in [2.75, 3.05) is 25.0 Å². The number of amides is 1. The van der Waals surface area contributed by atoms with Gasteiger partial charge in [0.15, 0.2) is 0 Å². The molecule has 1 aromatic rings. The Morgan fingerprint density at radius 2 is 2.22 bits per heavy atom. The molecule has 0 aromatic heterocycles. The van der Waals surface area contributed by atoms with E-state index < -0.39 is 6.10 Å². The van der Waals surface area contributed by atoms with Crippen LogP contribution in [0.1, 0.15) is 25.5 Å². The third-order valence-corrected chi connectivity index (χ3v) is 3.10. The van der Waals surface area contributed by atoms with Crippen LogP contribution < -0.4 is 10.2 Å². The lowest BCUT2D eigenvalue weighted by atomic mass is 10.1. The molecule has 0 aliphatic carbocycles. The van der Waals surface area contributed by atoms with Crippen molar-refractivity contribution in [3.63, 3.8) is 0 Å². The zero-order chi connectivity index (χ0) is 13.7. The number of rotatable bonds is 5. The lowest BCUT2D eigenvalue weighted by Gasteiger charge is -2.23. The van der Waals surface area contributed by atoms with E-state index >= 15 is 0 Å². The number of carbonyl (C=O) groups is 1. The van der Waals surface area contributed by atoms with Crippen LogP contribution >= 0.6 is 15.9 Å². The van der Waals surface area contributed by atoms with Gasteiger partial charge in [-0.3, -0.25) is 4.79 Å². The highest BCUT2D eigenvalue weighted by atomic mass is 79.9. The molecule has 0 fully saturated rings. The minimum atomic E-state index is -0.575. The number of nitrogens with one attached hydrogen (secondary N) is 1. The Hall–Kier alpha value is -1.07.